The van der Waals surface area contributed by atoms with Crippen LogP contribution in [0.5, 0.6) is 0 Å². The molecule has 0 bridgehead atoms. The second-order valence-electron chi connectivity index (χ2n) is 4.92. The van der Waals surface area contributed by atoms with Crippen LogP contribution in [-0.2, 0) is 0 Å². The van der Waals surface area contributed by atoms with E-state index in [0.717, 1.165) is 16.6 Å². The summed E-state index contributed by atoms with van der Waals surface area (Å²) in [7, 11) is 0. The first kappa shape index (κ1) is 10.5. The molecule has 0 radical (unpaired) electrons. The molecule has 3 atom stereocenters. The topological polar surface area (TPSA) is 53.1 Å². The van der Waals surface area contributed by atoms with E-state index in [2.05, 4.69) is 11.9 Å². The molecule has 1 aliphatic carbocycles. The molecule has 0 fully saturated rings. The molecule has 2 aromatic rings. The lowest BCUT2D eigenvalue weighted by Crippen LogP contribution is -2.36. The zero-order valence-electron chi connectivity index (χ0n) is 9.90. The molecule has 1 aromatic heterocycles. The van der Waals surface area contributed by atoms with Crippen molar-refractivity contribution in [3.05, 3.63) is 35.5 Å². The van der Waals surface area contributed by atoms with Gasteiger partial charge in [-0.3, -0.25) is 4.79 Å². The second kappa shape index (κ2) is 3.44. The highest BCUT2D eigenvalue weighted by Crippen LogP contribution is 2.38. The molecule has 0 aliphatic heterocycles. The number of ketones is 1. The van der Waals surface area contributed by atoms with Crippen LogP contribution in [0.15, 0.2) is 24.3 Å². The molecule has 1 heterocycles. The van der Waals surface area contributed by atoms with Gasteiger partial charge in [-0.15, -0.1) is 0 Å². The van der Waals surface area contributed by atoms with Crippen LogP contribution >= 0.6 is 0 Å². The number of para-hydroxylation sites is 1. The van der Waals surface area contributed by atoms with Gasteiger partial charge in [0.2, 0.25) is 0 Å². The summed E-state index contributed by atoms with van der Waals surface area (Å²) in [5, 5.41) is 10.9. The van der Waals surface area contributed by atoms with Crippen LogP contribution in [0.4, 0.5) is 0 Å². The normalized spacial score (nSPS) is 28.4. The Morgan fingerprint density at radius 3 is 2.71 bits per heavy atom. The number of aromatic amines is 1. The first-order valence-electron chi connectivity index (χ1n) is 5.94. The van der Waals surface area contributed by atoms with Gasteiger partial charge < -0.3 is 10.1 Å². The fourth-order valence-corrected chi connectivity index (χ4v) is 2.69. The summed E-state index contributed by atoms with van der Waals surface area (Å²) in [6.07, 6.45) is -0.878. The van der Waals surface area contributed by atoms with Crippen molar-refractivity contribution < 1.29 is 9.90 Å². The van der Waals surface area contributed by atoms with E-state index in [0.29, 0.717) is 5.56 Å². The number of aliphatic hydroxyl groups is 1. The monoisotopic (exact) mass is 229 g/mol. The number of aromatic nitrogens is 1. The van der Waals surface area contributed by atoms with E-state index in [-0.39, 0.29) is 17.6 Å². The van der Waals surface area contributed by atoms with Crippen LogP contribution in [-0.4, -0.2) is 22.0 Å². The molecule has 0 saturated carbocycles. The molecule has 0 unspecified atom stereocenters. The lowest BCUT2D eigenvalue weighted by Gasteiger charge is -2.29. The number of hydrogen-bond acceptors (Lipinski definition) is 2. The Morgan fingerprint density at radius 2 is 1.94 bits per heavy atom. The van der Waals surface area contributed by atoms with Crippen molar-refractivity contribution in [1.82, 2.24) is 4.98 Å². The second-order valence-corrected chi connectivity index (χ2v) is 4.92. The highest BCUT2D eigenvalue weighted by molar-refractivity contribution is 6.12. The zero-order chi connectivity index (χ0) is 12.2. The average Bonchev–Trinajstić information content (AvgIpc) is 2.73. The minimum Gasteiger partial charge on any atom is -0.385 e. The number of rotatable bonds is 0. The fourth-order valence-electron chi connectivity index (χ4n) is 2.69. The van der Waals surface area contributed by atoms with Crippen molar-refractivity contribution >= 4 is 16.7 Å². The van der Waals surface area contributed by atoms with Gasteiger partial charge in [-0.1, -0.05) is 32.0 Å². The van der Waals surface area contributed by atoms with Gasteiger partial charge in [0.15, 0.2) is 5.78 Å². The summed E-state index contributed by atoms with van der Waals surface area (Å²) in [6, 6.07) is 7.75. The molecular formula is C14H15NO2. The summed E-state index contributed by atoms with van der Waals surface area (Å²) < 4.78 is 0. The highest BCUT2D eigenvalue weighted by atomic mass is 16.3. The Balaban J connectivity index is 2.34. The van der Waals surface area contributed by atoms with E-state index in [1.807, 2.05) is 31.2 Å². The van der Waals surface area contributed by atoms with E-state index in [4.69, 9.17) is 0 Å². The van der Waals surface area contributed by atoms with Crippen molar-refractivity contribution in [2.24, 2.45) is 5.92 Å². The maximum Gasteiger partial charge on any atom is 0.193 e. The van der Waals surface area contributed by atoms with E-state index >= 15 is 0 Å². The Hall–Kier alpha value is -1.61. The van der Waals surface area contributed by atoms with Crippen LogP contribution < -0.4 is 0 Å². The van der Waals surface area contributed by atoms with Gasteiger partial charge in [0, 0.05) is 28.1 Å². The third-order valence-corrected chi connectivity index (χ3v) is 3.99. The van der Waals surface area contributed by atoms with Crippen molar-refractivity contribution in [3.63, 3.8) is 0 Å². The predicted molar refractivity (Wildman–Crippen MR) is 66.2 cm³/mol. The van der Waals surface area contributed by atoms with Crippen LogP contribution in [0, 0.1) is 5.92 Å². The third-order valence-electron chi connectivity index (χ3n) is 3.99. The Labute approximate surface area is 99.5 Å². The van der Waals surface area contributed by atoms with Crippen molar-refractivity contribution in [2.45, 2.75) is 25.9 Å². The molecular weight excluding hydrogens is 214 g/mol. The van der Waals surface area contributed by atoms with Gasteiger partial charge in [-0.2, -0.15) is 0 Å². The molecule has 0 saturated heterocycles. The summed E-state index contributed by atoms with van der Waals surface area (Å²) in [6.45, 7) is 3.97. The Bertz CT molecular complexity index is 599. The number of fused-ring (bicyclic) bond motifs is 3. The average molecular weight is 229 g/mol. The number of H-pyrrole nitrogens is 1. The maximum absolute atomic E-state index is 12.2. The third kappa shape index (κ3) is 1.29. The number of benzene rings is 1. The number of aliphatic hydroxyl groups excluding tert-OH is 1. The van der Waals surface area contributed by atoms with Gasteiger partial charge in [-0.05, 0) is 12.0 Å². The summed E-state index contributed by atoms with van der Waals surface area (Å²) >= 11 is 0. The molecule has 0 amide bonds. The van der Waals surface area contributed by atoms with Gasteiger partial charge in [0.05, 0.1) is 0 Å². The molecule has 0 spiro atoms. The predicted octanol–water partition coefficient (Wildman–Crippen LogP) is 2.46. The molecule has 3 rings (SSSR count). The molecule has 3 heteroatoms. The first-order chi connectivity index (χ1) is 8.11. The minimum absolute atomic E-state index is 0.0388. The molecule has 2 N–H and O–H groups in total. The lowest BCUT2D eigenvalue weighted by molar-refractivity contribution is 0.0556. The molecule has 3 nitrogen and oxygen atoms in total. The largest absolute Gasteiger partial charge is 0.385 e. The molecule has 88 valence electrons. The SMILES string of the molecule is C[C@@H]1[C@H](O)C(=O)c2c([nH]c3ccccc23)[C@H]1C. The van der Waals surface area contributed by atoms with Crippen molar-refractivity contribution in [1.29, 1.82) is 0 Å². The maximum atomic E-state index is 12.2. The highest BCUT2D eigenvalue weighted by Gasteiger charge is 2.38. The molecule has 1 aromatic carbocycles. The number of carbonyl (C=O) groups excluding carboxylic acids is 1. The smallest absolute Gasteiger partial charge is 0.193 e. The van der Waals surface area contributed by atoms with E-state index < -0.39 is 6.10 Å². The van der Waals surface area contributed by atoms with Crippen molar-refractivity contribution in [3.8, 4) is 0 Å². The Morgan fingerprint density at radius 1 is 1.24 bits per heavy atom. The Kier molecular flexibility index (Phi) is 2.13. The number of hydrogen-bond donors (Lipinski definition) is 2. The first-order valence-corrected chi connectivity index (χ1v) is 5.94. The van der Waals surface area contributed by atoms with E-state index in [1.54, 1.807) is 0 Å². The quantitative estimate of drug-likeness (QED) is 0.729. The van der Waals surface area contributed by atoms with Gasteiger partial charge in [-0.25, -0.2) is 0 Å². The lowest BCUT2D eigenvalue weighted by atomic mass is 9.77. The summed E-state index contributed by atoms with van der Waals surface area (Å²) in [5.74, 6) is -0.0174. The number of carbonyl (C=O) groups is 1. The van der Waals surface area contributed by atoms with Crippen molar-refractivity contribution in [2.75, 3.05) is 0 Å². The minimum atomic E-state index is -0.878. The zero-order valence-corrected chi connectivity index (χ0v) is 9.90. The summed E-state index contributed by atoms with van der Waals surface area (Å²) in [4.78, 5) is 15.5. The van der Waals surface area contributed by atoms with Crippen LogP contribution in [0.1, 0.15) is 35.8 Å². The van der Waals surface area contributed by atoms with Gasteiger partial charge in [0.25, 0.3) is 0 Å². The fraction of sp³-hybridized carbons (Fsp3) is 0.357. The van der Waals surface area contributed by atoms with Crippen LogP contribution in [0.25, 0.3) is 10.9 Å². The van der Waals surface area contributed by atoms with Gasteiger partial charge >= 0.3 is 0 Å². The number of Topliss-reactive ketones (excluding diaryl/α,β-unsaturated/α-hetero) is 1. The van der Waals surface area contributed by atoms with E-state index in [9.17, 15) is 9.90 Å². The summed E-state index contributed by atoms with van der Waals surface area (Å²) in [5.41, 5.74) is 2.62. The van der Waals surface area contributed by atoms with E-state index in [1.165, 1.54) is 0 Å². The standard InChI is InChI=1S/C14H15NO2/c1-7-8(2)13(16)14(17)11-9-5-3-4-6-10(9)15-12(7)11/h3-8,13,15-16H,1-2H3/t7-,8-,13-/m0/s1. The van der Waals surface area contributed by atoms with Gasteiger partial charge in [0.1, 0.15) is 6.10 Å². The molecule has 17 heavy (non-hydrogen) atoms. The molecule has 1 aliphatic rings. The number of nitrogens with one attached hydrogen (secondary N) is 1. The van der Waals surface area contributed by atoms with Crippen LogP contribution in [0.2, 0.25) is 0 Å². The van der Waals surface area contributed by atoms with Crippen LogP contribution in [0.3, 0.4) is 0 Å².